The Morgan fingerprint density at radius 2 is 2.15 bits per heavy atom. The number of hydrogen-bond donors (Lipinski definition) is 3. The summed E-state index contributed by atoms with van der Waals surface area (Å²) in [5.41, 5.74) is 1.10. The first kappa shape index (κ1) is 14.6. The summed E-state index contributed by atoms with van der Waals surface area (Å²) in [6, 6.07) is 5.39. The predicted octanol–water partition coefficient (Wildman–Crippen LogP) is 2.75. The molecule has 1 heterocycles. The van der Waals surface area contributed by atoms with E-state index in [1.807, 2.05) is 32.2 Å². The Morgan fingerprint density at radius 1 is 1.35 bits per heavy atom. The molecular weight excluding hydrogens is 276 g/mol. The number of carbonyl (C=O) groups is 1. The molecule has 0 saturated heterocycles. The Kier molecular flexibility index (Phi) is 4.76. The Balaban J connectivity index is 2.40. The summed E-state index contributed by atoms with van der Waals surface area (Å²) in [7, 11) is 1.88. The van der Waals surface area contributed by atoms with Crippen molar-refractivity contribution in [2.45, 2.75) is 13.5 Å². The highest BCUT2D eigenvalue weighted by molar-refractivity contribution is 6.35. The van der Waals surface area contributed by atoms with Crippen LogP contribution in [0.4, 0.5) is 10.6 Å². The molecule has 0 bridgehead atoms. The monoisotopic (exact) mass is 292 g/mol. The first-order valence-corrected chi connectivity index (χ1v) is 6.80. The van der Waals surface area contributed by atoms with Crippen molar-refractivity contribution in [3.05, 3.63) is 35.0 Å². The molecule has 0 spiro atoms. The lowest BCUT2D eigenvalue weighted by Gasteiger charge is -2.10. The number of pyridine rings is 1. The van der Waals surface area contributed by atoms with Gasteiger partial charge >= 0.3 is 6.03 Å². The molecule has 1 aromatic carbocycles. The smallest absolute Gasteiger partial charge is 0.320 e. The van der Waals surface area contributed by atoms with Gasteiger partial charge in [0.2, 0.25) is 0 Å². The fourth-order valence-corrected chi connectivity index (χ4v) is 2.21. The molecule has 1 aromatic heterocycles. The van der Waals surface area contributed by atoms with E-state index in [1.165, 1.54) is 0 Å². The lowest BCUT2D eigenvalue weighted by atomic mass is 10.1. The molecular formula is C14H17ClN4O. The summed E-state index contributed by atoms with van der Waals surface area (Å²) in [4.78, 5) is 15.7. The summed E-state index contributed by atoms with van der Waals surface area (Å²) in [5, 5.41) is 11.0. The van der Waals surface area contributed by atoms with Crippen molar-refractivity contribution in [1.29, 1.82) is 0 Å². The zero-order chi connectivity index (χ0) is 14.5. The largest absolute Gasteiger partial charge is 0.338 e. The molecule has 20 heavy (non-hydrogen) atoms. The molecule has 2 rings (SSSR count). The van der Waals surface area contributed by atoms with Gasteiger partial charge in [-0.05, 0) is 37.1 Å². The van der Waals surface area contributed by atoms with Crippen LogP contribution < -0.4 is 16.0 Å². The third-order valence-corrected chi connectivity index (χ3v) is 3.21. The Morgan fingerprint density at radius 3 is 2.85 bits per heavy atom. The normalized spacial score (nSPS) is 10.6. The van der Waals surface area contributed by atoms with Crippen molar-refractivity contribution >= 4 is 34.2 Å². The molecule has 0 aliphatic rings. The van der Waals surface area contributed by atoms with Gasteiger partial charge in [0.05, 0.1) is 0 Å². The average molecular weight is 293 g/mol. The van der Waals surface area contributed by atoms with Gasteiger partial charge in [0.1, 0.15) is 5.82 Å². The van der Waals surface area contributed by atoms with E-state index in [0.29, 0.717) is 17.4 Å². The van der Waals surface area contributed by atoms with Gasteiger partial charge in [-0.2, -0.15) is 0 Å². The van der Waals surface area contributed by atoms with Gasteiger partial charge in [-0.25, -0.2) is 9.78 Å². The second kappa shape index (κ2) is 6.54. The fourth-order valence-electron chi connectivity index (χ4n) is 2.00. The quantitative estimate of drug-likeness (QED) is 0.812. The zero-order valence-corrected chi connectivity index (χ0v) is 12.2. The van der Waals surface area contributed by atoms with Crippen LogP contribution in [0, 0.1) is 0 Å². The third-order valence-electron chi connectivity index (χ3n) is 2.88. The second-order valence-corrected chi connectivity index (χ2v) is 4.74. The molecule has 0 aliphatic heterocycles. The van der Waals surface area contributed by atoms with Gasteiger partial charge in [-0.3, -0.25) is 5.32 Å². The molecule has 6 heteroatoms. The summed E-state index contributed by atoms with van der Waals surface area (Å²) < 4.78 is 0. The molecule has 5 nitrogen and oxygen atoms in total. The maximum absolute atomic E-state index is 11.5. The lowest BCUT2D eigenvalue weighted by Crippen LogP contribution is -2.28. The first-order valence-electron chi connectivity index (χ1n) is 6.42. The van der Waals surface area contributed by atoms with Crippen LogP contribution in [0.1, 0.15) is 12.5 Å². The van der Waals surface area contributed by atoms with E-state index < -0.39 is 0 Å². The van der Waals surface area contributed by atoms with Crippen LogP contribution in [-0.4, -0.2) is 24.6 Å². The molecule has 0 unspecified atom stereocenters. The van der Waals surface area contributed by atoms with Gasteiger partial charge in [-0.1, -0.05) is 17.7 Å². The Bertz CT molecular complexity index is 630. The molecule has 0 aliphatic carbocycles. The number of halogens is 1. The highest BCUT2D eigenvalue weighted by Gasteiger charge is 2.08. The summed E-state index contributed by atoms with van der Waals surface area (Å²) in [5.74, 6) is 0.503. The number of amides is 2. The number of aromatic nitrogens is 1. The minimum atomic E-state index is -0.267. The van der Waals surface area contributed by atoms with Crippen LogP contribution >= 0.6 is 11.6 Å². The van der Waals surface area contributed by atoms with Gasteiger partial charge in [0, 0.05) is 29.7 Å². The Hall–Kier alpha value is -1.85. The number of rotatable bonds is 4. The van der Waals surface area contributed by atoms with E-state index in [2.05, 4.69) is 20.9 Å². The molecule has 2 amide bonds. The molecule has 3 N–H and O–H groups in total. The van der Waals surface area contributed by atoms with Crippen LogP contribution in [0.5, 0.6) is 0 Å². The van der Waals surface area contributed by atoms with E-state index in [9.17, 15) is 4.79 Å². The van der Waals surface area contributed by atoms with Crippen molar-refractivity contribution in [3.63, 3.8) is 0 Å². The first-order chi connectivity index (χ1) is 9.65. The molecule has 2 aromatic rings. The van der Waals surface area contributed by atoms with Crippen LogP contribution in [0.15, 0.2) is 24.4 Å². The number of anilines is 1. The van der Waals surface area contributed by atoms with Gasteiger partial charge in [0.25, 0.3) is 0 Å². The van der Waals surface area contributed by atoms with Crippen molar-refractivity contribution < 1.29 is 4.79 Å². The van der Waals surface area contributed by atoms with Crippen molar-refractivity contribution in [3.8, 4) is 0 Å². The maximum atomic E-state index is 11.5. The van der Waals surface area contributed by atoms with Gasteiger partial charge in [0.15, 0.2) is 0 Å². The standard InChI is InChI=1S/C14H17ClN4O/c1-3-17-14(20)19-13-6-10-9(7-16-2)4-5-12(15)11(10)8-18-13/h4-6,8,16H,3,7H2,1-2H3,(H2,17,18,19,20). The third kappa shape index (κ3) is 3.18. The zero-order valence-electron chi connectivity index (χ0n) is 11.5. The number of fused-ring (bicyclic) bond motifs is 1. The van der Waals surface area contributed by atoms with Crippen LogP contribution in [0.25, 0.3) is 10.8 Å². The van der Waals surface area contributed by atoms with E-state index in [-0.39, 0.29) is 6.03 Å². The number of nitrogens with one attached hydrogen (secondary N) is 3. The average Bonchev–Trinajstić information content (AvgIpc) is 2.42. The van der Waals surface area contributed by atoms with Gasteiger partial charge < -0.3 is 10.6 Å². The fraction of sp³-hybridized carbons (Fsp3) is 0.286. The van der Waals surface area contributed by atoms with Crippen molar-refractivity contribution in [2.75, 3.05) is 18.9 Å². The van der Waals surface area contributed by atoms with Crippen LogP contribution in [-0.2, 0) is 6.54 Å². The van der Waals surface area contributed by atoms with Crippen molar-refractivity contribution in [1.82, 2.24) is 15.6 Å². The van der Waals surface area contributed by atoms with Crippen LogP contribution in [0.3, 0.4) is 0 Å². The number of nitrogens with zero attached hydrogens (tertiary/aromatic N) is 1. The molecule has 106 valence electrons. The van der Waals surface area contributed by atoms with E-state index >= 15 is 0 Å². The van der Waals surface area contributed by atoms with E-state index in [0.717, 1.165) is 22.9 Å². The predicted molar refractivity (Wildman–Crippen MR) is 82.2 cm³/mol. The van der Waals surface area contributed by atoms with E-state index in [1.54, 1.807) is 6.20 Å². The number of benzene rings is 1. The van der Waals surface area contributed by atoms with Crippen molar-refractivity contribution in [2.24, 2.45) is 0 Å². The molecule has 0 atom stereocenters. The summed E-state index contributed by atoms with van der Waals surface area (Å²) >= 11 is 6.18. The number of urea groups is 1. The topological polar surface area (TPSA) is 66.1 Å². The van der Waals surface area contributed by atoms with Gasteiger partial charge in [-0.15, -0.1) is 0 Å². The minimum Gasteiger partial charge on any atom is -0.338 e. The maximum Gasteiger partial charge on any atom is 0.320 e. The molecule has 0 saturated carbocycles. The summed E-state index contributed by atoms with van der Waals surface area (Å²) in [6.07, 6.45) is 1.68. The van der Waals surface area contributed by atoms with E-state index in [4.69, 9.17) is 11.6 Å². The Labute approximate surface area is 122 Å². The number of hydrogen-bond acceptors (Lipinski definition) is 3. The van der Waals surface area contributed by atoms with Crippen LogP contribution in [0.2, 0.25) is 5.02 Å². The number of carbonyl (C=O) groups excluding carboxylic acids is 1. The highest BCUT2D eigenvalue weighted by atomic mass is 35.5. The minimum absolute atomic E-state index is 0.267. The summed E-state index contributed by atoms with van der Waals surface area (Å²) in [6.45, 7) is 3.15. The molecule has 0 fully saturated rings. The highest BCUT2D eigenvalue weighted by Crippen LogP contribution is 2.27. The lowest BCUT2D eigenvalue weighted by molar-refractivity contribution is 0.252. The SMILES string of the molecule is CCNC(=O)Nc1cc2c(CNC)ccc(Cl)c2cn1. The molecule has 0 radical (unpaired) electrons. The second-order valence-electron chi connectivity index (χ2n) is 4.34.